The van der Waals surface area contributed by atoms with E-state index in [4.69, 9.17) is 21.3 Å². The van der Waals surface area contributed by atoms with Crippen molar-refractivity contribution in [1.29, 1.82) is 0 Å². The van der Waals surface area contributed by atoms with E-state index >= 15 is 0 Å². The van der Waals surface area contributed by atoms with E-state index in [1.54, 1.807) is 0 Å². The van der Waals surface area contributed by atoms with Gasteiger partial charge in [-0.25, -0.2) is 0 Å². The third kappa shape index (κ3) is 4.99. The first-order chi connectivity index (χ1) is 8.43. The highest BCUT2D eigenvalue weighted by Crippen LogP contribution is 2.21. The van der Waals surface area contributed by atoms with Crippen molar-refractivity contribution in [2.24, 2.45) is 11.5 Å². The van der Waals surface area contributed by atoms with Gasteiger partial charge in [-0.15, -0.1) is 0 Å². The number of carbonyl (C=O) groups is 2. The minimum atomic E-state index is -1.07. The monoisotopic (exact) mass is 259 g/mol. The zero-order valence-corrected chi connectivity index (χ0v) is 10.4. The number of amides is 1. The van der Waals surface area contributed by atoms with Gasteiger partial charge >= 0.3 is 5.97 Å². The van der Waals surface area contributed by atoms with Gasteiger partial charge in [0.15, 0.2) is 0 Å². The van der Waals surface area contributed by atoms with Crippen molar-refractivity contribution in [2.45, 2.75) is 37.3 Å². The first-order valence-corrected chi connectivity index (χ1v) is 6.05. The van der Waals surface area contributed by atoms with Crippen molar-refractivity contribution < 1.29 is 19.4 Å². The molecule has 0 aromatic heterocycles. The van der Waals surface area contributed by atoms with Crippen molar-refractivity contribution in [3.63, 3.8) is 0 Å². The Hall–Kier alpha value is -1.18. The summed E-state index contributed by atoms with van der Waals surface area (Å²) < 4.78 is 5.19. The number of hydrogen-bond donors (Lipinski definition) is 4. The lowest BCUT2D eigenvalue weighted by atomic mass is 9.87. The lowest BCUT2D eigenvalue weighted by Gasteiger charge is -2.32. The molecule has 104 valence electrons. The molecule has 1 atom stereocenters. The third-order valence-electron chi connectivity index (χ3n) is 3.10. The number of rotatable bonds is 6. The smallest absolute Gasteiger partial charge is 0.320 e. The average Bonchev–Trinajstić information content (AvgIpc) is 2.28. The summed E-state index contributed by atoms with van der Waals surface area (Å²) in [4.78, 5) is 22.1. The van der Waals surface area contributed by atoms with Crippen LogP contribution in [0.5, 0.6) is 0 Å². The highest BCUT2D eigenvalue weighted by atomic mass is 16.5. The number of carboxylic acid groups (broad SMARTS) is 1. The molecule has 0 aromatic carbocycles. The van der Waals surface area contributed by atoms with E-state index in [0.29, 0.717) is 26.1 Å². The molecule has 18 heavy (non-hydrogen) atoms. The summed E-state index contributed by atoms with van der Waals surface area (Å²) in [5.74, 6) is -1.24. The Morgan fingerprint density at radius 3 is 2.56 bits per heavy atom. The SMILES string of the molecule is NC(CCNC(=O)CC1(N)CCOCC1)C(=O)O. The van der Waals surface area contributed by atoms with Crippen LogP contribution in [-0.2, 0) is 14.3 Å². The van der Waals surface area contributed by atoms with E-state index in [9.17, 15) is 9.59 Å². The number of nitrogens with two attached hydrogens (primary N) is 2. The number of hydrogen-bond acceptors (Lipinski definition) is 5. The molecule has 1 saturated heterocycles. The summed E-state index contributed by atoms with van der Waals surface area (Å²) >= 11 is 0. The van der Waals surface area contributed by atoms with Gasteiger partial charge in [-0.1, -0.05) is 0 Å². The van der Waals surface area contributed by atoms with Crippen LogP contribution >= 0.6 is 0 Å². The molecule has 1 amide bonds. The third-order valence-corrected chi connectivity index (χ3v) is 3.10. The molecule has 0 aromatic rings. The highest BCUT2D eigenvalue weighted by Gasteiger charge is 2.30. The van der Waals surface area contributed by atoms with E-state index in [1.807, 2.05) is 0 Å². The molecule has 6 N–H and O–H groups in total. The van der Waals surface area contributed by atoms with E-state index < -0.39 is 17.6 Å². The fourth-order valence-electron chi connectivity index (χ4n) is 1.83. The van der Waals surface area contributed by atoms with Gasteiger partial charge in [0, 0.05) is 31.7 Å². The lowest BCUT2D eigenvalue weighted by molar-refractivity contribution is -0.138. The first-order valence-electron chi connectivity index (χ1n) is 6.05. The summed E-state index contributed by atoms with van der Waals surface area (Å²) in [5.41, 5.74) is 10.9. The summed E-state index contributed by atoms with van der Waals surface area (Å²) in [5, 5.41) is 11.2. The predicted molar refractivity (Wildman–Crippen MR) is 64.8 cm³/mol. The molecule has 1 aliphatic heterocycles. The van der Waals surface area contributed by atoms with Crippen molar-refractivity contribution in [3.8, 4) is 0 Å². The Morgan fingerprint density at radius 1 is 1.39 bits per heavy atom. The molecule has 1 unspecified atom stereocenters. The molecule has 1 fully saturated rings. The minimum Gasteiger partial charge on any atom is -0.480 e. The second-order valence-corrected chi connectivity index (χ2v) is 4.73. The standard InChI is InChI=1S/C11H21N3O4/c12-8(10(16)17)1-4-14-9(15)7-11(13)2-5-18-6-3-11/h8H,1-7,12-13H2,(H,14,15)(H,16,17). The highest BCUT2D eigenvalue weighted by molar-refractivity contribution is 5.77. The number of nitrogens with one attached hydrogen (secondary N) is 1. The van der Waals surface area contributed by atoms with Crippen LogP contribution < -0.4 is 16.8 Å². The van der Waals surface area contributed by atoms with Crippen LogP contribution in [0.3, 0.4) is 0 Å². The zero-order valence-electron chi connectivity index (χ0n) is 10.4. The van der Waals surface area contributed by atoms with Gasteiger partial charge in [-0.05, 0) is 19.3 Å². The van der Waals surface area contributed by atoms with Crippen LogP contribution in [-0.4, -0.2) is 48.3 Å². The van der Waals surface area contributed by atoms with Gasteiger partial charge < -0.3 is 26.6 Å². The topological polar surface area (TPSA) is 128 Å². The van der Waals surface area contributed by atoms with Crippen LogP contribution in [0.4, 0.5) is 0 Å². The maximum atomic E-state index is 11.6. The van der Waals surface area contributed by atoms with Crippen molar-refractivity contribution in [3.05, 3.63) is 0 Å². The van der Waals surface area contributed by atoms with Crippen molar-refractivity contribution in [1.82, 2.24) is 5.32 Å². The number of ether oxygens (including phenoxy) is 1. The van der Waals surface area contributed by atoms with Gasteiger partial charge in [0.25, 0.3) is 0 Å². The summed E-state index contributed by atoms with van der Waals surface area (Å²) in [6.45, 7) is 1.40. The quantitative estimate of drug-likeness (QED) is 0.474. The van der Waals surface area contributed by atoms with Crippen LogP contribution in [0.2, 0.25) is 0 Å². The molecule has 1 rings (SSSR count). The lowest BCUT2D eigenvalue weighted by Crippen LogP contribution is -2.48. The molecule has 0 spiro atoms. The molecule has 7 heteroatoms. The van der Waals surface area contributed by atoms with Crippen molar-refractivity contribution >= 4 is 11.9 Å². The number of carbonyl (C=O) groups excluding carboxylic acids is 1. The molecule has 0 saturated carbocycles. The Balaban J connectivity index is 2.22. The predicted octanol–water partition coefficient (Wildman–Crippen LogP) is -1.20. The van der Waals surface area contributed by atoms with Gasteiger partial charge in [-0.3, -0.25) is 9.59 Å². The number of carboxylic acids is 1. The Kier molecular flexibility index (Phi) is 5.52. The first kappa shape index (κ1) is 14.9. The molecule has 0 radical (unpaired) electrons. The second kappa shape index (κ2) is 6.67. The Labute approximate surface area is 106 Å². The van der Waals surface area contributed by atoms with Gasteiger partial charge in [-0.2, -0.15) is 0 Å². The fourth-order valence-corrected chi connectivity index (χ4v) is 1.83. The fraction of sp³-hybridized carbons (Fsp3) is 0.818. The summed E-state index contributed by atoms with van der Waals surface area (Å²) in [7, 11) is 0. The maximum absolute atomic E-state index is 11.6. The molecular formula is C11H21N3O4. The molecule has 1 aliphatic rings. The largest absolute Gasteiger partial charge is 0.480 e. The number of aliphatic carboxylic acids is 1. The van der Waals surface area contributed by atoms with E-state index in [2.05, 4.69) is 5.32 Å². The van der Waals surface area contributed by atoms with Crippen molar-refractivity contribution in [2.75, 3.05) is 19.8 Å². The molecule has 7 nitrogen and oxygen atoms in total. The maximum Gasteiger partial charge on any atom is 0.320 e. The molecule has 1 heterocycles. The average molecular weight is 259 g/mol. The molecule has 0 aliphatic carbocycles. The Bertz CT molecular complexity index is 303. The van der Waals surface area contributed by atoms with Crippen LogP contribution in [0.25, 0.3) is 0 Å². The van der Waals surface area contributed by atoms with E-state index in [1.165, 1.54) is 0 Å². The molecular weight excluding hydrogens is 238 g/mol. The minimum absolute atomic E-state index is 0.169. The summed E-state index contributed by atoms with van der Waals surface area (Å²) in [6.07, 6.45) is 1.77. The van der Waals surface area contributed by atoms with E-state index in [0.717, 1.165) is 0 Å². The normalized spacial score (nSPS) is 20.1. The van der Waals surface area contributed by atoms with Crippen LogP contribution in [0.15, 0.2) is 0 Å². The van der Waals surface area contributed by atoms with E-state index in [-0.39, 0.29) is 25.3 Å². The molecule has 0 bridgehead atoms. The summed E-state index contributed by atoms with van der Waals surface area (Å²) in [6, 6.07) is -0.944. The van der Waals surface area contributed by atoms with Gasteiger partial charge in [0.2, 0.25) is 5.91 Å². The van der Waals surface area contributed by atoms with Gasteiger partial charge in [0.1, 0.15) is 6.04 Å². The van der Waals surface area contributed by atoms with Gasteiger partial charge in [0.05, 0.1) is 0 Å². The van der Waals surface area contributed by atoms with Crippen LogP contribution in [0.1, 0.15) is 25.7 Å². The Morgan fingerprint density at radius 2 is 2.00 bits per heavy atom. The van der Waals surface area contributed by atoms with Crippen LogP contribution in [0, 0.1) is 0 Å². The zero-order chi connectivity index (χ0) is 13.6. The second-order valence-electron chi connectivity index (χ2n) is 4.73.